The summed E-state index contributed by atoms with van der Waals surface area (Å²) in [5.74, 6) is -4.39. The minimum atomic E-state index is -3.22. The Bertz CT molecular complexity index is 573. The molecule has 2 rings (SSSR count). The smallest absolute Gasteiger partial charge is 0.356 e. The zero-order valence-corrected chi connectivity index (χ0v) is 13.3. The summed E-state index contributed by atoms with van der Waals surface area (Å²) in [6.07, 6.45) is -3.15. The average molecular weight is 336 g/mol. The molecule has 0 spiro atoms. The maximum absolute atomic E-state index is 13.6. The molecule has 1 saturated carbocycles. The van der Waals surface area contributed by atoms with E-state index in [1.54, 1.807) is 6.92 Å². The Morgan fingerprint density at radius 2 is 1.91 bits per heavy atom. The van der Waals surface area contributed by atoms with Crippen LogP contribution in [-0.4, -0.2) is 34.7 Å². The van der Waals surface area contributed by atoms with Crippen LogP contribution in [0.3, 0.4) is 0 Å². The van der Waals surface area contributed by atoms with Crippen molar-refractivity contribution in [2.45, 2.75) is 58.4 Å². The number of alkyl halides is 4. The molecule has 1 fully saturated rings. The van der Waals surface area contributed by atoms with E-state index >= 15 is 0 Å². The first-order chi connectivity index (χ1) is 10.6. The summed E-state index contributed by atoms with van der Waals surface area (Å²) in [7, 11) is 0. The van der Waals surface area contributed by atoms with Crippen LogP contribution in [0, 0.1) is 12.8 Å². The van der Waals surface area contributed by atoms with Gasteiger partial charge in [-0.3, -0.25) is 4.68 Å². The monoisotopic (exact) mass is 336 g/mol. The lowest BCUT2D eigenvalue weighted by Gasteiger charge is -2.12. The number of carbonyl (C=O) groups excluding carboxylic acids is 1. The van der Waals surface area contributed by atoms with E-state index in [1.807, 2.05) is 0 Å². The minimum Gasteiger partial charge on any atom is -0.461 e. The molecule has 0 radical (unpaired) electrons. The van der Waals surface area contributed by atoms with Crippen LogP contribution < -0.4 is 0 Å². The largest absolute Gasteiger partial charge is 0.461 e. The molecular formula is C15H20F4N2O2. The Morgan fingerprint density at radius 1 is 1.35 bits per heavy atom. The molecule has 1 aliphatic carbocycles. The van der Waals surface area contributed by atoms with Crippen molar-refractivity contribution in [3.8, 4) is 0 Å². The van der Waals surface area contributed by atoms with Gasteiger partial charge in [0, 0.05) is 19.0 Å². The second kappa shape index (κ2) is 6.49. The lowest BCUT2D eigenvalue weighted by molar-refractivity contribution is 0.0113. The molecule has 8 heteroatoms. The van der Waals surface area contributed by atoms with Crippen LogP contribution in [0.25, 0.3) is 0 Å². The van der Waals surface area contributed by atoms with Crippen LogP contribution in [0.4, 0.5) is 17.6 Å². The van der Waals surface area contributed by atoms with Crippen molar-refractivity contribution in [1.29, 1.82) is 0 Å². The second-order valence-electron chi connectivity index (χ2n) is 5.98. The van der Waals surface area contributed by atoms with Gasteiger partial charge in [0.2, 0.25) is 0 Å². The van der Waals surface area contributed by atoms with Gasteiger partial charge in [0.15, 0.2) is 0 Å². The Hall–Kier alpha value is -1.60. The number of ether oxygens (including phenoxy) is 1. The van der Waals surface area contributed by atoms with Gasteiger partial charge in [-0.25, -0.2) is 13.6 Å². The Balaban J connectivity index is 2.35. The number of esters is 1. The van der Waals surface area contributed by atoms with Gasteiger partial charge in [0.05, 0.1) is 6.61 Å². The number of hydrogen-bond donors (Lipinski definition) is 0. The van der Waals surface area contributed by atoms with Gasteiger partial charge in [-0.05, 0) is 32.6 Å². The highest BCUT2D eigenvalue weighted by molar-refractivity contribution is 5.89. The Kier molecular flexibility index (Phi) is 5.01. The van der Waals surface area contributed by atoms with Crippen molar-refractivity contribution >= 4 is 5.97 Å². The third-order valence-corrected chi connectivity index (χ3v) is 4.01. The van der Waals surface area contributed by atoms with Crippen molar-refractivity contribution in [1.82, 2.24) is 9.78 Å². The van der Waals surface area contributed by atoms with Crippen LogP contribution in [0.2, 0.25) is 0 Å². The molecule has 0 saturated heterocycles. The van der Waals surface area contributed by atoms with E-state index in [2.05, 4.69) is 5.10 Å². The first-order valence-electron chi connectivity index (χ1n) is 7.56. The zero-order valence-electron chi connectivity index (χ0n) is 13.3. The minimum absolute atomic E-state index is 0.00586. The highest BCUT2D eigenvalue weighted by Gasteiger charge is 2.38. The molecule has 0 aromatic carbocycles. The van der Waals surface area contributed by atoms with Crippen molar-refractivity contribution < 1.29 is 27.1 Å². The summed E-state index contributed by atoms with van der Waals surface area (Å²) in [6, 6.07) is 0. The van der Waals surface area contributed by atoms with E-state index in [0.29, 0.717) is 6.92 Å². The molecule has 130 valence electrons. The molecule has 3 atom stereocenters. The fraction of sp³-hybridized carbons (Fsp3) is 0.733. The normalized spacial score (nSPS) is 24.9. The number of carbonyl (C=O) groups is 1. The maximum Gasteiger partial charge on any atom is 0.356 e. The third kappa shape index (κ3) is 3.67. The lowest BCUT2D eigenvalue weighted by atomic mass is 10.1. The summed E-state index contributed by atoms with van der Waals surface area (Å²) in [5.41, 5.74) is -0.573. The number of hydrogen-bond acceptors (Lipinski definition) is 3. The van der Waals surface area contributed by atoms with Crippen molar-refractivity contribution in [2.24, 2.45) is 5.92 Å². The summed E-state index contributed by atoms with van der Waals surface area (Å²) >= 11 is 0. The van der Waals surface area contributed by atoms with E-state index in [9.17, 15) is 22.4 Å². The number of aromatic nitrogens is 2. The van der Waals surface area contributed by atoms with Crippen LogP contribution in [0.15, 0.2) is 0 Å². The molecule has 0 amide bonds. The van der Waals surface area contributed by atoms with E-state index in [1.165, 1.54) is 6.92 Å². The van der Waals surface area contributed by atoms with E-state index < -0.39 is 35.8 Å². The van der Waals surface area contributed by atoms with Gasteiger partial charge in [-0.2, -0.15) is 13.9 Å². The van der Waals surface area contributed by atoms with Gasteiger partial charge in [-0.15, -0.1) is 0 Å². The summed E-state index contributed by atoms with van der Waals surface area (Å²) in [4.78, 5) is 12.1. The summed E-state index contributed by atoms with van der Waals surface area (Å²) < 4.78 is 59.9. The van der Waals surface area contributed by atoms with Crippen LogP contribution in [-0.2, 0) is 17.2 Å². The summed E-state index contributed by atoms with van der Waals surface area (Å²) in [6.45, 7) is 3.75. The summed E-state index contributed by atoms with van der Waals surface area (Å²) in [5, 5.41) is 3.82. The van der Waals surface area contributed by atoms with Gasteiger partial charge in [-0.1, -0.05) is 0 Å². The van der Waals surface area contributed by atoms with Crippen LogP contribution >= 0.6 is 0 Å². The van der Waals surface area contributed by atoms with Crippen LogP contribution in [0.5, 0.6) is 0 Å². The molecule has 0 aliphatic heterocycles. The Labute approximate surface area is 131 Å². The molecule has 0 N–H and O–H groups in total. The topological polar surface area (TPSA) is 44.1 Å². The predicted octanol–water partition coefficient (Wildman–Crippen LogP) is 3.57. The van der Waals surface area contributed by atoms with E-state index in [-0.39, 0.29) is 37.3 Å². The average Bonchev–Trinajstić information content (AvgIpc) is 2.90. The maximum atomic E-state index is 13.6. The highest BCUT2D eigenvalue weighted by Crippen LogP contribution is 2.34. The predicted molar refractivity (Wildman–Crippen MR) is 75.0 cm³/mol. The number of nitrogens with zero attached hydrogens (tertiary/aromatic N) is 2. The molecule has 0 bridgehead atoms. The second-order valence-corrected chi connectivity index (χ2v) is 5.98. The molecule has 1 aliphatic rings. The lowest BCUT2D eigenvalue weighted by Crippen LogP contribution is -2.18. The SMILES string of the molecule is CCOC(=O)c1c(C)c(C(C)(F)F)nn1CC1C[C@@H](F)[C@@H](F)C1. The molecular weight excluding hydrogens is 316 g/mol. The van der Waals surface area contributed by atoms with Gasteiger partial charge in [0.25, 0.3) is 5.92 Å². The molecule has 1 heterocycles. The van der Waals surface area contributed by atoms with Gasteiger partial charge in [0.1, 0.15) is 23.7 Å². The molecule has 1 aromatic heterocycles. The first kappa shape index (κ1) is 17.7. The van der Waals surface area contributed by atoms with Crippen LogP contribution in [0.1, 0.15) is 48.4 Å². The van der Waals surface area contributed by atoms with Crippen molar-refractivity contribution in [2.75, 3.05) is 6.61 Å². The molecule has 4 nitrogen and oxygen atoms in total. The van der Waals surface area contributed by atoms with E-state index in [0.717, 1.165) is 4.68 Å². The zero-order chi connectivity index (χ0) is 17.4. The fourth-order valence-corrected chi connectivity index (χ4v) is 2.98. The van der Waals surface area contributed by atoms with Crippen molar-refractivity contribution in [3.63, 3.8) is 0 Å². The van der Waals surface area contributed by atoms with Gasteiger partial charge >= 0.3 is 5.97 Å². The Morgan fingerprint density at radius 3 is 2.39 bits per heavy atom. The standard InChI is InChI=1S/C15H20F4N2O2/c1-4-23-14(22)12-8(2)13(15(3,18)19)20-21(12)7-9-5-10(16)11(17)6-9/h9-11H,4-7H2,1-3H3/t9?,10-,11+. The fourth-order valence-electron chi connectivity index (χ4n) is 2.98. The molecule has 1 aromatic rings. The van der Waals surface area contributed by atoms with E-state index in [4.69, 9.17) is 4.74 Å². The third-order valence-electron chi connectivity index (χ3n) is 4.01. The molecule has 23 heavy (non-hydrogen) atoms. The van der Waals surface area contributed by atoms with Crippen molar-refractivity contribution in [3.05, 3.63) is 17.0 Å². The van der Waals surface area contributed by atoms with Gasteiger partial charge < -0.3 is 4.74 Å². The highest BCUT2D eigenvalue weighted by atomic mass is 19.3. The quantitative estimate of drug-likeness (QED) is 0.610. The first-order valence-corrected chi connectivity index (χ1v) is 7.56. The number of halogens is 4. The molecule has 1 unspecified atom stereocenters. The number of rotatable bonds is 5.